The predicted molar refractivity (Wildman–Crippen MR) is 74.2 cm³/mol. The lowest BCUT2D eigenvalue weighted by molar-refractivity contribution is 0.195. The Morgan fingerprint density at radius 3 is 2.84 bits per heavy atom. The molecule has 1 N–H and O–H groups in total. The lowest BCUT2D eigenvalue weighted by Crippen LogP contribution is -2.32. The molecule has 1 aromatic rings. The quantitative estimate of drug-likeness (QED) is 0.844. The number of hydrogen-bond donors (Lipinski definition) is 1. The fourth-order valence-electron chi connectivity index (χ4n) is 2.52. The Labute approximate surface area is 114 Å². The van der Waals surface area contributed by atoms with Crippen LogP contribution in [-0.2, 0) is 6.54 Å². The third-order valence-corrected chi connectivity index (χ3v) is 3.53. The number of aliphatic hydroxyl groups excluding tert-OH is 1. The third kappa shape index (κ3) is 4.16. The van der Waals surface area contributed by atoms with Gasteiger partial charge in [0.2, 0.25) is 5.88 Å². The van der Waals surface area contributed by atoms with Crippen molar-refractivity contribution in [1.29, 1.82) is 0 Å². The molecule has 0 spiro atoms. The fourth-order valence-corrected chi connectivity index (χ4v) is 2.52. The van der Waals surface area contributed by atoms with Gasteiger partial charge in [-0.1, -0.05) is 6.07 Å². The van der Waals surface area contributed by atoms with E-state index in [2.05, 4.69) is 20.9 Å². The van der Waals surface area contributed by atoms with Gasteiger partial charge in [0, 0.05) is 37.9 Å². The van der Waals surface area contributed by atoms with E-state index in [1.807, 2.05) is 6.07 Å². The summed E-state index contributed by atoms with van der Waals surface area (Å²) < 4.78 is 5.30. The molecule has 5 heteroatoms. The van der Waals surface area contributed by atoms with Gasteiger partial charge in [-0.15, -0.1) is 0 Å². The molecule has 1 aromatic heterocycles. The summed E-state index contributed by atoms with van der Waals surface area (Å²) in [5.74, 6) is 0.721. The maximum Gasteiger partial charge on any atom is 0.217 e. The molecule has 0 atom stereocenters. The Bertz CT molecular complexity index is 387. The second-order valence-electron chi connectivity index (χ2n) is 4.87. The first-order valence-electron chi connectivity index (χ1n) is 6.87. The van der Waals surface area contributed by atoms with Crippen LogP contribution in [0.5, 0.6) is 5.88 Å². The van der Waals surface area contributed by atoms with Crippen LogP contribution in [0.25, 0.3) is 0 Å². The molecule has 0 saturated carbocycles. The highest BCUT2D eigenvalue weighted by Gasteiger charge is 2.16. The smallest absolute Gasteiger partial charge is 0.217 e. The zero-order chi connectivity index (χ0) is 13.5. The molecule has 0 amide bonds. The van der Waals surface area contributed by atoms with Crippen molar-refractivity contribution in [3.63, 3.8) is 0 Å². The van der Waals surface area contributed by atoms with E-state index in [9.17, 15) is 0 Å². The van der Waals surface area contributed by atoms with Crippen molar-refractivity contribution < 1.29 is 9.84 Å². The first-order valence-corrected chi connectivity index (χ1v) is 6.87. The van der Waals surface area contributed by atoms with Gasteiger partial charge in [0.25, 0.3) is 0 Å². The van der Waals surface area contributed by atoms with Gasteiger partial charge in [-0.05, 0) is 25.6 Å². The highest BCUT2D eigenvalue weighted by molar-refractivity contribution is 5.25. The number of rotatable bonds is 5. The van der Waals surface area contributed by atoms with Gasteiger partial charge in [-0.3, -0.25) is 9.80 Å². The van der Waals surface area contributed by atoms with Crippen LogP contribution in [0.2, 0.25) is 0 Å². The molecule has 0 radical (unpaired) electrons. The average molecular weight is 265 g/mol. The molecule has 2 rings (SSSR count). The molecule has 106 valence electrons. The molecule has 0 aromatic carbocycles. The lowest BCUT2D eigenvalue weighted by atomic mass is 10.2. The first kappa shape index (κ1) is 14.2. The lowest BCUT2D eigenvalue weighted by Gasteiger charge is -2.21. The molecule has 1 fully saturated rings. The normalized spacial score (nSPS) is 18.2. The monoisotopic (exact) mass is 265 g/mol. The maximum atomic E-state index is 9.00. The zero-order valence-corrected chi connectivity index (χ0v) is 11.6. The number of pyridine rings is 1. The van der Waals surface area contributed by atoms with Crippen molar-refractivity contribution in [2.24, 2.45) is 0 Å². The minimum atomic E-state index is 0.246. The first-order chi connectivity index (χ1) is 9.33. The van der Waals surface area contributed by atoms with E-state index in [1.54, 1.807) is 13.3 Å². The van der Waals surface area contributed by atoms with Crippen molar-refractivity contribution in [2.45, 2.75) is 13.0 Å². The highest BCUT2D eigenvalue weighted by Crippen LogP contribution is 2.17. The number of β-amino-alcohol motifs (C(OH)–C–C–N with tert-alkyl or cyclic N) is 1. The maximum absolute atomic E-state index is 9.00. The standard InChI is InChI=1S/C14H23N3O2/c1-19-14-13(4-2-5-15-14)12-17-7-3-6-16(8-9-17)10-11-18/h2,4-5,18H,3,6-12H2,1H3. The van der Waals surface area contributed by atoms with Crippen LogP contribution >= 0.6 is 0 Å². The van der Waals surface area contributed by atoms with Gasteiger partial charge in [0.15, 0.2) is 0 Å². The van der Waals surface area contributed by atoms with Gasteiger partial charge in [0.05, 0.1) is 13.7 Å². The molecular formula is C14H23N3O2. The SMILES string of the molecule is COc1ncccc1CN1CCCN(CCO)CC1. The van der Waals surface area contributed by atoms with E-state index < -0.39 is 0 Å². The number of aliphatic hydroxyl groups is 1. The van der Waals surface area contributed by atoms with E-state index >= 15 is 0 Å². The molecule has 1 saturated heterocycles. The minimum absolute atomic E-state index is 0.246. The van der Waals surface area contributed by atoms with E-state index in [4.69, 9.17) is 9.84 Å². The minimum Gasteiger partial charge on any atom is -0.481 e. The molecule has 2 heterocycles. The summed E-state index contributed by atoms with van der Waals surface area (Å²) >= 11 is 0. The van der Waals surface area contributed by atoms with Crippen LogP contribution in [-0.4, -0.2) is 66.3 Å². The van der Waals surface area contributed by atoms with Gasteiger partial charge in [-0.25, -0.2) is 4.98 Å². The van der Waals surface area contributed by atoms with E-state index in [0.29, 0.717) is 0 Å². The predicted octanol–water partition coefficient (Wildman–Crippen LogP) is 0.590. The summed E-state index contributed by atoms with van der Waals surface area (Å²) in [6, 6.07) is 4.02. The van der Waals surface area contributed by atoms with Crippen molar-refractivity contribution in [2.75, 3.05) is 46.4 Å². The Morgan fingerprint density at radius 1 is 1.26 bits per heavy atom. The number of methoxy groups -OCH3 is 1. The number of aromatic nitrogens is 1. The molecule has 0 unspecified atom stereocenters. The molecule has 1 aliphatic heterocycles. The van der Waals surface area contributed by atoms with E-state index in [1.165, 1.54) is 0 Å². The molecule has 19 heavy (non-hydrogen) atoms. The van der Waals surface area contributed by atoms with Gasteiger partial charge >= 0.3 is 0 Å². The van der Waals surface area contributed by atoms with E-state index in [-0.39, 0.29) is 6.61 Å². The summed E-state index contributed by atoms with van der Waals surface area (Å²) in [7, 11) is 1.66. The van der Waals surface area contributed by atoms with Gasteiger partial charge in [-0.2, -0.15) is 0 Å². The zero-order valence-electron chi connectivity index (χ0n) is 11.6. The van der Waals surface area contributed by atoms with Crippen LogP contribution in [0.4, 0.5) is 0 Å². The molecular weight excluding hydrogens is 242 g/mol. The second-order valence-corrected chi connectivity index (χ2v) is 4.87. The van der Waals surface area contributed by atoms with Crippen LogP contribution in [0, 0.1) is 0 Å². The van der Waals surface area contributed by atoms with Gasteiger partial charge < -0.3 is 9.84 Å². The topological polar surface area (TPSA) is 48.8 Å². The average Bonchev–Trinajstić information content (AvgIpc) is 2.66. The summed E-state index contributed by atoms with van der Waals surface area (Å²) in [4.78, 5) is 8.99. The molecule has 0 aliphatic carbocycles. The summed E-state index contributed by atoms with van der Waals surface area (Å²) in [5, 5.41) is 9.00. The highest BCUT2D eigenvalue weighted by atomic mass is 16.5. The van der Waals surface area contributed by atoms with Crippen LogP contribution in [0.3, 0.4) is 0 Å². The fraction of sp³-hybridized carbons (Fsp3) is 0.643. The largest absolute Gasteiger partial charge is 0.481 e. The Hall–Kier alpha value is -1.17. The van der Waals surface area contributed by atoms with Gasteiger partial charge in [0.1, 0.15) is 0 Å². The number of ether oxygens (including phenoxy) is 1. The molecule has 1 aliphatic rings. The van der Waals surface area contributed by atoms with Crippen LogP contribution in [0.1, 0.15) is 12.0 Å². The Balaban J connectivity index is 1.92. The van der Waals surface area contributed by atoms with Crippen LogP contribution in [0.15, 0.2) is 18.3 Å². The van der Waals surface area contributed by atoms with Crippen molar-refractivity contribution in [3.8, 4) is 5.88 Å². The summed E-state index contributed by atoms with van der Waals surface area (Å²) in [6.45, 7) is 6.10. The van der Waals surface area contributed by atoms with Crippen molar-refractivity contribution in [3.05, 3.63) is 23.9 Å². The Kier molecular flexibility index (Phi) is 5.57. The van der Waals surface area contributed by atoms with Crippen LogP contribution < -0.4 is 4.74 Å². The van der Waals surface area contributed by atoms with Crippen molar-refractivity contribution in [1.82, 2.24) is 14.8 Å². The molecule has 5 nitrogen and oxygen atoms in total. The second kappa shape index (κ2) is 7.43. The summed E-state index contributed by atoms with van der Waals surface area (Å²) in [6.07, 6.45) is 2.90. The third-order valence-electron chi connectivity index (χ3n) is 3.53. The van der Waals surface area contributed by atoms with Crippen molar-refractivity contribution >= 4 is 0 Å². The number of nitrogens with zero attached hydrogens (tertiary/aromatic N) is 3. The molecule has 0 bridgehead atoms. The summed E-state index contributed by atoms with van der Waals surface area (Å²) in [5.41, 5.74) is 1.14. The Morgan fingerprint density at radius 2 is 2.05 bits per heavy atom. The number of hydrogen-bond acceptors (Lipinski definition) is 5. The van der Waals surface area contributed by atoms with E-state index in [0.717, 1.165) is 57.1 Å².